The first-order chi connectivity index (χ1) is 12.5. The molecule has 0 bridgehead atoms. The maximum atomic E-state index is 12.0. The molecule has 0 atom stereocenters. The number of rotatable bonds is 4. The topological polar surface area (TPSA) is 78.8 Å². The molecular weight excluding hydrogens is 393 g/mol. The summed E-state index contributed by atoms with van der Waals surface area (Å²) in [7, 11) is 0. The number of nitrogens with zero attached hydrogens (tertiary/aromatic N) is 2. The molecule has 0 aliphatic rings. The van der Waals surface area contributed by atoms with Crippen LogP contribution >= 0.6 is 35.0 Å². The van der Waals surface area contributed by atoms with E-state index in [2.05, 4.69) is 9.97 Å². The van der Waals surface area contributed by atoms with E-state index >= 15 is 0 Å². The van der Waals surface area contributed by atoms with Crippen LogP contribution in [0, 0.1) is 11.3 Å². The third-order valence-corrected chi connectivity index (χ3v) is 4.56. The van der Waals surface area contributed by atoms with Gasteiger partial charge in [0.2, 0.25) is 0 Å². The quantitative estimate of drug-likeness (QED) is 0.482. The van der Waals surface area contributed by atoms with Gasteiger partial charge in [-0.1, -0.05) is 35.0 Å². The summed E-state index contributed by atoms with van der Waals surface area (Å²) in [4.78, 5) is 18.9. The van der Waals surface area contributed by atoms with Crippen molar-refractivity contribution in [2.24, 2.45) is 0 Å². The summed E-state index contributed by atoms with van der Waals surface area (Å²) >= 11 is 13.3. The van der Waals surface area contributed by atoms with E-state index in [4.69, 9.17) is 27.9 Å². The molecule has 130 valence electrons. The van der Waals surface area contributed by atoms with Crippen molar-refractivity contribution in [1.82, 2.24) is 9.97 Å². The number of hydrogen-bond donors (Lipinski definition) is 1. The van der Waals surface area contributed by atoms with Gasteiger partial charge in [0.05, 0.1) is 10.7 Å². The van der Waals surface area contributed by atoms with Gasteiger partial charge in [-0.05, 0) is 48.7 Å². The van der Waals surface area contributed by atoms with Gasteiger partial charge in [-0.25, -0.2) is 4.98 Å². The largest absolute Gasteiger partial charge is 0.456 e. The van der Waals surface area contributed by atoms with Gasteiger partial charge in [-0.2, -0.15) is 5.26 Å². The molecule has 0 aliphatic carbocycles. The van der Waals surface area contributed by atoms with Crippen LogP contribution in [0.25, 0.3) is 11.3 Å². The van der Waals surface area contributed by atoms with Crippen molar-refractivity contribution in [2.75, 3.05) is 6.26 Å². The summed E-state index contributed by atoms with van der Waals surface area (Å²) < 4.78 is 5.73. The second kappa shape index (κ2) is 7.83. The third kappa shape index (κ3) is 3.86. The van der Waals surface area contributed by atoms with Gasteiger partial charge in [0, 0.05) is 10.6 Å². The van der Waals surface area contributed by atoms with E-state index in [1.165, 1.54) is 11.8 Å². The highest BCUT2D eigenvalue weighted by molar-refractivity contribution is 7.98. The average Bonchev–Trinajstić information content (AvgIpc) is 2.64. The second-order valence-electron chi connectivity index (χ2n) is 5.11. The normalized spacial score (nSPS) is 10.4. The van der Waals surface area contributed by atoms with Crippen molar-refractivity contribution in [3.63, 3.8) is 0 Å². The molecule has 0 saturated carbocycles. The van der Waals surface area contributed by atoms with E-state index in [-0.39, 0.29) is 5.56 Å². The Kier molecular flexibility index (Phi) is 5.52. The van der Waals surface area contributed by atoms with E-state index < -0.39 is 5.56 Å². The third-order valence-electron chi connectivity index (χ3n) is 3.45. The zero-order chi connectivity index (χ0) is 18.7. The summed E-state index contributed by atoms with van der Waals surface area (Å²) in [6.07, 6.45) is 1.79. The lowest BCUT2D eigenvalue weighted by molar-refractivity contribution is 0.483. The number of benzene rings is 2. The van der Waals surface area contributed by atoms with Crippen molar-refractivity contribution in [2.45, 2.75) is 5.16 Å². The fourth-order valence-electron chi connectivity index (χ4n) is 2.23. The Bertz CT molecular complexity index is 1060. The summed E-state index contributed by atoms with van der Waals surface area (Å²) in [5.41, 5.74) is 0.474. The second-order valence-corrected chi connectivity index (χ2v) is 6.75. The van der Waals surface area contributed by atoms with Crippen LogP contribution in [-0.4, -0.2) is 16.2 Å². The maximum absolute atomic E-state index is 12.0. The molecule has 0 aliphatic heterocycles. The first kappa shape index (κ1) is 18.3. The Morgan fingerprint density at radius 3 is 2.54 bits per heavy atom. The van der Waals surface area contributed by atoms with Crippen LogP contribution in [0.1, 0.15) is 5.56 Å². The lowest BCUT2D eigenvalue weighted by atomic mass is 10.1. The number of aromatic amines is 1. The number of H-pyrrole nitrogens is 1. The smallest absolute Gasteiger partial charge is 0.270 e. The molecule has 0 amide bonds. The van der Waals surface area contributed by atoms with Gasteiger partial charge in [-0.3, -0.25) is 4.79 Å². The molecular formula is C18H11Cl2N3O2S. The first-order valence-corrected chi connectivity index (χ1v) is 9.31. The summed E-state index contributed by atoms with van der Waals surface area (Å²) in [6.45, 7) is 0. The molecule has 0 fully saturated rings. The molecule has 1 aromatic heterocycles. The number of aromatic nitrogens is 2. The number of hydrogen-bond acceptors (Lipinski definition) is 5. The Morgan fingerprint density at radius 2 is 1.92 bits per heavy atom. The SMILES string of the molecule is CSc1nc(-c2ccc(Oc3ccc(Cl)cc3Cl)cc2)c(C#N)c(=O)[nH]1. The van der Waals surface area contributed by atoms with Crippen molar-refractivity contribution in [3.05, 3.63) is 68.4 Å². The van der Waals surface area contributed by atoms with Crippen molar-refractivity contribution in [3.8, 4) is 28.8 Å². The Hall–Kier alpha value is -2.46. The molecule has 5 nitrogen and oxygen atoms in total. The van der Waals surface area contributed by atoms with Gasteiger partial charge >= 0.3 is 0 Å². The number of thioether (sulfide) groups is 1. The molecule has 0 spiro atoms. The van der Waals surface area contributed by atoms with E-state index in [9.17, 15) is 10.1 Å². The Morgan fingerprint density at radius 1 is 1.19 bits per heavy atom. The zero-order valence-electron chi connectivity index (χ0n) is 13.4. The molecule has 0 unspecified atom stereocenters. The molecule has 0 saturated heterocycles. The summed E-state index contributed by atoms with van der Waals surface area (Å²) in [5, 5.41) is 10.6. The van der Waals surface area contributed by atoms with Gasteiger partial charge in [0.15, 0.2) is 5.16 Å². The molecule has 3 aromatic rings. The number of nitriles is 1. The average molecular weight is 404 g/mol. The standard InChI is InChI=1S/C18H11Cl2N3O2S/c1-26-18-22-16(13(9-21)17(24)23-18)10-2-5-12(6-3-10)25-15-7-4-11(19)8-14(15)20/h2-8H,1H3,(H,22,23,24). The van der Waals surface area contributed by atoms with Gasteiger partial charge in [0.1, 0.15) is 23.1 Å². The molecule has 26 heavy (non-hydrogen) atoms. The first-order valence-electron chi connectivity index (χ1n) is 7.33. The highest BCUT2D eigenvalue weighted by Crippen LogP contribution is 2.32. The van der Waals surface area contributed by atoms with Crippen LogP contribution < -0.4 is 10.3 Å². The van der Waals surface area contributed by atoms with Crippen LogP contribution in [0.15, 0.2) is 52.4 Å². The van der Waals surface area contributed by atoms with E-state index in [0.29, 0.717) is 38.0 Å². The van der Waals surface area contributed by atoms with E-state index in [1.54, 1.807) is 48.7 Å². The lowest BCUT2D eigenvalue weighted by Crippen LogP contribution is -2.14. The summed E-state index contributed by atoms with van der Waals surface area (Å²) in [6, 6.07) is 13.7. The number of ether oxygens (including phenoxy) is 1. The fourth-order valence-corrected chi connectivity index (χ4v) is 3.05. The molecule has 1 heterocycles. The lowest BCUT2D eigenvalue weighted by Gasteiger charge is -2.09. The zero-order valence-corrected chi connectivity index (χ0v) is 15.7. The van der Waals surface area contributed by atoms with Gasteiger partial charge in [0.25, 0.3) is 5.56 Å². The van der Waals surface area contributed by atoms with Crippen LogP contribution in [-0.2, 0) is 0 Å². The highest BCUT2D eigenvalue weighted by atomic mass is 35.5. The van der Waals surface area contributed by atoms with Crippen molar-refractivity contribution < 1.29 is 4.74 Å². The fraction of sp³-hybridized carbons (Fsp3) is 0.0556. The monoisotopic (exact) mass is 403 g/mol. The molecule has 1 N–H and O–H groups in total. The Labute approximate surface area is 163 Å². The van der Waals surface area contributed by atoms with Gasteiger partial charge in [-0.15, -0.1) is 0 Å². The number of halogens is 2. The summed E-state index contributed by atoms with van der Waals surface area (Å²) in [5.74, 6) is 1.02. The molecule has 0 radical (unpaired) electrons. The highest BCUT2D eigenvalue weighted by Gasteiger charge is 2.13. The predicted octanol–water partition coefficient (Wildman–Crippen LogP) is 5.13. The van der Waals surface area contributed by atoms with Crippen molar-refractivity contribution in [1.29, 1.82) is 5.26 Å². The van der Waals surface area contributed by atoms with Gasteiger partial charge < -0.3 is 9.72 Å². The van der Waals surface area contributed by atoms with Crippen LogP contribution in [0.4, 0.5) is 0 Å². The molecule has 3 rings (SSSR count). The minimum absolute atomic E-state index is 0.0304. The minimum Gasteiger partial charge on any atom is -0.456 e. The minimum atomic E-state index is -0.463. The van der Waals surface area contributed by atoms with Crippen molar-refractivity contribution >= 4 is 35.0 Å². The van der Waals surface area contributed by atoms with Crippen LogP contribution in [0.2, 0.25) is 10.0 Å². The van der Waals surface area contributed by atoms with E-state index in [0.717, 1.165) is 0 Å². The molecule has 2 aromatic carbocycles. The number of nitrogens with one attached hydrogen (secondary N) is 1. The molecule has 8 heteroatoms. The maximum Gasteiger partial charge on any atom is 0.270 e. The predicted molar refractivity (Wildman–Crippen MR) is 103 cm³/mol. The van der Waals surface area contributed by atoms with Crippen LogP contribution in [0.3, 0.4) is 0 Å². The van der Waals surface area contributed by atoms with E-state index in [1.807, 2.05) is 6.07 Å². The van der Waals surface area contributed by atoms with Crippen LogP contribution in [0.5, 0.6) is 11.5 Å². The Balaban J connectivity index is 1.94.